The van der Waals surface area contributed by atoms with Gasteiger partial charge in [0.2, 0.25) is 0 Å². The maximum Gasteiger partial charge on any atom is 0.193 e. The van der Waals surface area contributed by atoms with Crippen LogP contribution in [0.3, 0.4) is 0 Å². The minimum atomic E-state index is -0.0278. The second kappa shape index (κ2) is 15.3. The molecule has 0 fully saturated rings. The molecule has 7 nitrogen and oxygen atoms in total. The third-order valence-electron chi connectivity index (χ3n) is 6.42. The molecule has 7 heteroatoms. The summed E-state index contributed by atoms with van der Waals surface area (Å²) in [4.78, 5) is 12.0. The van der Waals surface area contributed by atoms with Gasteiger partial charge in [-0.3, -0.25) is 4.79 Å². The molecular formula is C38H32O7. The molecular weight excluding hydrogens is 568 g/mol. The Hall–Kier alpha value is -6.21. The molecule has 6 rings (SSSR count). The van der Waals surface area contributed by atoms with Crippen molar-refractivity contribution in [3.8, 4) is 51.4 Å². The molecule has 226 valence electrons. The number of rotatable bonds is 5. The van der Waals surface area contributed by atoms with E-state index in [-0.39, 0.29) is 34.5 Å². The molecule has 0 saturated carbocycles. The van der Waals surface area contributed by atoms with Crippen molar-refractivity contribution in [2.24, 2.45) is 0 Å². The lowest BCUT2D eigenvalue weighted by Gasteiger charge is -2.05. The summed E-state index contributed by atoms with van der Waals surface area (Å²) in [5.74, 6) is 2.33. The highest BCUT2D eigenvalue weighted by molar-refractivity contribution is 6.09. The Kier molecular flexibility index (Phi) is 10.8. The number of ether oxygens (including phenoxy) is 1. The fourth-order valence-corrected chi connectivity index (χ4v) is 3.96. The molecule has 6 aromatic carbocycles. The topological polar surface area (TPSA) is 127 Å². The highest BCUT2D eigenvalue weighted by atomic mass is 16.5. The normalized spacial score (nSPS) is 9.98. The van der Waals surface area contributed by atoms with E-state index in [1.165, 1.54) is 12.1 Å². The molecule has 0 saturated heterocycles. The van der Waals surface area contributed by atoms with E-state index < -0.39 is 0 Å². The highest BCUT2D eigenvalue weighted by Crippen LogP contribution is 2.25. The number of hydrogen-bond acceptors (Lipinski definition) is 7. The van der Waals surface area contributed by atoms with Crippen molar-refractivity contribution in [1.82, 2.24) is 0 Å². The third kappa shape index (κ3) is 9.94. The lowest BCUT2D eigenvalue weighted by Crippen LogP contribution is -2.00. The SMILES string of the molecule is Cc1ccc(C(=O)c2ccc(O)cc2)cc1.Oc1ccc(-c2ccc(O)cc2)cc1.Oc1ccc(Oc2ccc(O)cc2)cc1. The van der Waals surface area contributed by atoms with Crippen molar-refractivity contribution >= 4 is 5.78 Å². The summed E-state index contributed by atoms with van der Waals surface area (Å²) in [6.45, 7) is 1.98. The van der Waals surface area contributed by atoms with Gasteiger partial charge in [-0.15, -0.1) is 0 Å². The van der Waals surface area contributed by atoms with E-state index in [0.717, 1.165) is 16.7 Å². The number of aryl methyl sites for hydroxylation is 1. The molecule has 0 radical (unpaired) electrons. The van der Waals surface area contributed by atoms with E-state index >= 15 is 0 Å². The van der Waals surface area contributed by atoms with E-state index in [9.17, 15) is 4.79 Å². The van der Waals surface area contributed by atoms with E-state index in [4.69, 9.17) is 30.3 Å². The Bertz CT molecular complexity index is 1640. The van der Waals surface area contributed by atoms with E-state index in [1.807, 2.05) is 55.5 Å². The predicted molar refractivity (Wildman–Crippen MR) is 174 cm³/mol. The third-order valence-corrected chi connectivity index (χ3v) is 6.42. The maximum absolute atomic E-state index is 12.0. The number of carbonyl (C=O) groups excluding carboxylic acids is 1. The van der Waals surface area contributed by atoms with E-state index in [0.29, 0.717) is 22.6 Å². The smallest absolute Gasteiger partial charge is 0.193 e. The summed E-state index contributed by atoms with van der Waals surface area (Å²) in [6, 6.07) is 40.5. The zero-order chi connectivity index (χ0) is 32.2. The molecule has 45 heavy (non-hydrogen) atoms. The Morgan fingerprint density at radius 1 is 0.400 bits per heavy atom. The second-order valence-electron chi connectivity index (χ2n) is 9.93. The molecule has 5 N–H and O–H groups in total. The quantitative estimate of drug-likeness (QED) is 0.125. The van der Waals surface area contributed by atoms with Crippen LogP contribution in [0.1, 0.15) is 21.5 Å². The first-order valence-corrected chi connectivity index (χ1v) is 13.9. The van der Waals surface area contributed by atoms with E-state index in [1.54, 1.807) is 84.9 Å². The van der Waals surface area contributed by atoms with E-state index in [2.05, 4.69) is 0 Å². The Balaban J connectivity index is 0.000000154. The van der Waals surface area contributed by atoms with Gasteiger partial charge in [0.25, 0.3) is 0 Å². The predicted octanol–water partition coefficient (Wildman–Crippen LogP) is 8.59. The molecule has 0 aliphatic heterocycles. The second-order valence-corrected chi connectivity index (χ2v) is 9.93. The zero-order valence-electron chi connectivity index (χ0n) is 24.4. The summed E-state index contributed by atoms with van der Waals surface area (Å²) >= 11 is 0. The highest BCUT2D eigenvalue weighted by Gasteiger charge is 2.08. The first-order chi connectivity index (χ1) is 21.7. The molecule has 6 aromatic rings. The molecule has 0 unspecified atom stereocenters. The van der Waals surface area contributed by atoms with Crippen molar-refractivity contribution < 1.29 is 35.1 Å². The summed E-state index contributed by atoms with van der Waals surface area (Å²) < 4.78 is 5.47. The molecule has 0 amide bonds. The lowest BCUT2D eigenvalue weighted by atomic mass is 10.0. The first-order valence-electron chi connectivity index (χ1n) is 13.9. The molecule has 0 atom stereocenters. The number of hydrogen-bond donors (Lipinski definition) is 5. The van der Waals surface area contributed by atoms with Gasteiger partial charge < -0.3 is 30.3 Å². The number of benzene rings is 6. The van der Waals surface area contributed by atoms with Crippen molar-refractivity contribution in [2.45, 2.75) is 6.92 Å². The van der Waals surface area contributed by atoms with Crippen LogP contribution in [0.2, 0.25) is 0 Å². The van der Waals surface area contributed by atoms with Crippen LogP contribution in [0.4, 0.5) is 0 Å². The summed E-state index contributed by atoms with van der Waals surface area (Å²) in [5, 5.41) is 45.5. The Morgan fingerprint density at radius 2 is 0.667 bits per heavy atom. The maximum atomic E-state index is 12.0. The molecule has 0 spiro atoms. The minimum absolute atomic E-state index is 0.0278. The summed E-state index contributed by atoms with van der Waals surface area (Å²) in [7, 11) is 0. The van der Waals surface area contributed by atoms with Crippen LogP contribution < -0.4 is 4.74 Å². The van der Waals surface area contributed by atoms with Gasteiger partial charge in [0, 0.05) is 11.1 Å². The van der Waals surface area contributed by atoms with Gasteiger partial charge in [-0.1, -0.05) is 54.1 Å². The van der Waals surface area contributed by atoms with Crippen LogP contribution in [0, 0.1) is 6.92 Å². The van der Waals surface area contributed by atoms with Crippen molar-refractivity contribution in [3.63, 3.8) is 0 Å². The van der Waals surface area contributed by atoms with Gasteiger partial charge >= 0.3 is 0 Å². The number of ketones is 1. The van der Waals surface area contributed by atoms with Gasteiger partial charge in [-0.05, 0) is 115 Å². The van der Waals surface area contributed by atoms with Crippen molar-refractivity contribution in [1.29, 1.82) is 0 Å². The van der Waals surface area contributed by atoms with Crippen LogP contribution in [-0.2, 0) is 0 Å². The van der Waals surface area contributed by atoms with Crippen LogP contribution in [-0.4, -0.2) is 31.3 Å². The summed E-state index contributed by atoms with van der Waals surface area (Å²) in [6.07, 6.45) is 0. The van der Waals surface area contributed by atoms with Gasteiger partial charge in [-0.25, -0.2) is 0 Å². The van der Waals surface area contributed by atoms with Crippen molar-refractivity contribution in [3.05, 3.63) is 162 Å². The Labute approximate surface area is 261 Å². The molecule has 0 aromatic heterocycles. The molecule has 0 bridgehead atoms. The average molecular weight is 601 g/mol. The minimum Gasteiger partial charge on any atom is -0.508 e. The number of carbonyl (C=O) groups is 1. The first kappa shape index (κ1) is 31.7. The van der Waals surface area contributed by atoms with Gasteiger partial charge in [0.1, 0.15) is 40.2 Å². The van der Waals surface area contributed by atoms with Gasteiger partial charge in [0.15, 0.2) is 5.78 Å². The fraction of sp³-hybridized carbons (Fsp3) is 0.0263. The number of aromatic hydroxyl groups is 5. The average Bonchev–Trinajstić information content (AvgIpc) is 3.05. The molecule has 0 heterocycles. The zero-order valence-corrected chi connectivity index (χ0v) is 24.4. The van der Waals surface area contributed by atoms with Gasteiger partial charge in [0.05, 0.1) is 0 Å². The lowest BCUT2D eigenvalue weighted by molar-refractivity contribution is 0.103. The Morgan fingerprint density at radius 3 is 1.00 bits per heavy atom. The number of phenols is 5. The summed E-state index contributed by atoms with van der Waals surface area (Å²) in [5.41, 5.74) is 4.41. The van der Waals surface area contributed by atoms with Crippen LogP contribution in [0.5, 0.6) is 40.2 Å². The molecule has 0 aliphatic rings. The monoisotopic (exact) mass is 600 g/mol. The fourth-order valence-electron chi connectivity index (χ4n) is 3.96. The standard InChI is InChI=1S/C14H12O2.C12H10O3.C12H10O2/c1-10-2-4-11(5-3-10)14(16)12-6-8-13(15)9-7-12;13-9-1-5-11(6-2-9)15-12-7-3-10(14)4-8-12;13-11-5-1-9(2-6-11)10-3-7-12(14)8-4-10/h2-9,15H,1H3;1-8,13-14H;1-8,13-14H. The molecule has 0 aliphatic carbocycles. The largest absolute Gasteiger partial charge is 0.508 e. The number of phenolic OH excluding ortho intramolecular Hbond substituents is 5. The van der Waals surface area contributed by atoms with Crippen molar-refractivity contribution in [2.75, 3.05) is 0 Å². The van der Waals surface area contributed by atoms with Gasteiger partial charge in [-0.2, -0.15) is 0 Å². The van der Waals surface area contributed by atoms with Crippen LogP contribution in [0.25, 0.3) is 11.1 Å². The van der Waals surface area contributed by atoms with Crippen LogP contribution >= 0.6 is 0 Å². The van der Waals surface area contributed by atoms with Crippen LogP contribution in [0.15, 0.2) is 146 Å².